The normalized spacial score (nSPS) is 19.2. The van der Waals surface area contributed by atoms with Crippen LogP contribution in [-0.2, 0) is 5.54 Å². The van der Waals surface area contributed by atoms with E-state index in [0.29, 0.717) is 0 Å². The molecule has 2 aromatic rings. The van der Waals surface area contributed by atoms with Gasteiger partial charge in [-0.2, -0.15) is 0 Å². The average molecular weight is 175 g/mol. The van der Waals surface area contributed by atoms with Crippen LogP contribution in [0.1, 0.15) is 18.5 Å². The first-order chi connectivity index (χ1) is 6.30. The minimum absolute atomic E-state index is 0.242. The Balaban J connectivity index is 2.30. The van der Waals surface area contributed by atoms with Crippen molar-refractivity contribution in [3.63, 3.8) is 0 Å². The van der Waals surface area contributed by atoms with Crippen molar-refractivity contribution in [3.05, 3.63) is 24.2 Å². The predicted molar refractivity (Wildman–Crippen MR) is 46.9 cm³/mol. The van der Waals surface area contributed by atoms with Crippen molar-refractivity contribution in [2.75, 3.05) is 0 Å². The molecule has 0 bridgehead atoms. The fourth-order valence-electron chi connectivity index (χ4n) is 1.51. The van der Waals surface area contributed by atoms with Gasteiger partial charge >= 0.3 is 0 Å². The van der Waals surface area contributed by atoms with Crippen LogP contribution in [0, 0.1) is 0 Å². The SMILES string of the molecule is NC1(c2noc3ccncc23)CC1. The largest absolute Gasteiger partial charge is 0.356 e. The van der Waals surface area contributed by atoms with E-state index in [1.54, 1.807) is 18.5 Å². The molecule has 2 heterocycles. The van der Waals surface area contributed by atoms with Gasteiger partial charge in [0.2, 0.25) is 0 Å². The summed E-state index contributed by atoms with van der Waals surface area (Å²) >= 11 is 0. The van der Waals surface area contributed by atoms with E-state index in [9.17, 15) is 0 Å². The molecular formula is C9H9N3O. The van der Waals surface area contributed by atoms with Crippen molar-refractivity contribution >= 4 is 11.0 Å². The first-order valence-electron chi connectivity index (χ1n) is 4.28. The van der Waals surface area contributed by atoms with Crippen LogP contribution >= 0.6 is 0 Å². The summed E-state index contributed by atoms with van der Waals surface area (Å²) in [6, 6.07) is 1.80. The highest BCUT2D eigenvalue weighted by Crippen LogP contribution is 2.44. The second-order valence-corrected chi connectivity index (χ2v) is 3.56. The van der Waals surface area contributed by atoms with Gasteiger partial charge in [0, 0.05) is 18.5 Å². The third-order valence-corrected chi connectivity index (χ3v) is 2.53. The highest BCUT2D eigenvalue weighted by atomic mass is 16.5. The molecular weight excluding hydrogens is 166 g/mol. The van der Waals surface area contributed by atoms with Gasteiger partial charge in [-0.05, 0) is 12.8 Å². The van der Waals surface area contributed by atoms with Crippen LogP contribution in [0.15, 0.2) is 23.0 Å². The Morgan fingerprint density at radius 3 is 3.08 bits per heavy atom. The van der Waals surface area contributed by atoms with E-state index in [1.807, 2.05) is 0 Å². The summed E-state index contributed by atoms with van der Waals surface area (Å²) in [6.45, 7) is 0. The number of aromatic nitrogens is 2. The van der Waals surface area contributed by atoms with Gasteiger partial charge in [-0.1, -0.05) is 5.16 Å². The molecule has 0 aromatic carbocycles. The van der Waals surface area contributed by atoms with E-state index < -0.39 is 0 Å². The number of fused-ring (bicyclic) bond motifs is 1. The van der Waals surface area contributed by atoms with E-state index in [2.05, 4.69) is 10.1 Å². The maximum atomic E-state index is 6.03. The van der Waals surface area contributed by atoms with E-state index in [4.69, 9.17) is 10.3 Å². The molecule has 0 atom stereocenters. The zero-order valence-corrected chi connectivity index (χ0v) is 7.03. The maximum Gasteiger partial charge on any atom is 0.170 e. The van der Waals surface area contributed by atoms with Gasteiger partial charge in [0.1, 0.15) is 5.69 Å². The van der Waals surface area contributed by atoms with E-state index in [1.165, 1.54) is 0 Å². The third-order valence-electron chi connectivity index (χ3n) is 2.53. The summed E-state index contributed by atoms with van der Waals surface area (Å²) in [4.78, 5) is 4.03. The number of nitrogens with two attached hydrogens (primary N) is 1. The van der Waals surface area contributed by atoms with Crippen molar-refractivity contribution < 1.29 is 4.52 Å². The molecule has 13 heavy (non-hydrogen) atoms. The van der Waals surface area contributed by atoms with Crippen LogP contribution in [0.25, 0.3) is 11.0 Å². The van der Waals surface area contributed by atoms with Gasteiger partial charge in [0.15, 0.2) is 5.58 Å². The first kappa shape index (κ1) is 7.03. The number of hydrogen-bond donors (Lipinski definition) is 1. The van der Waals surface area contributed by atoms with E-state index >= 15 is 0 Å². The molecule has 0 amide bonds. The molecule has 1 fully saturated rings. The quantitative estimate of drug-likeness (QED) is 0.706. The maximum absolute atomic E-state index is 6.03. The molecule has 1 aliphatic carbocycles. The Labute approximate surface area is 74.7 Å². The van der Waals surface area contributed by atoms with Gasteiger partial charge in [0.25, 0.3) is 0 Å². The highest BCUT2D eigenvalue weighted by molar-refractivity contribution is 5.79. The summed E-state index contributed by atoms with van der Waals surface area (Å²) in [7, 11) is 0. The Bertz CT molecular complexity index is 459. The van der Waals surface area contributed by atoms with Crippen molar-refractivity contribution in [1.29, 1.82) is 0 Å². The summed E-state index contributed by atoms with van der Waals surface area (Å²) in [5, 5.41) is 4.94. The lowest BCUT2D eigenvalue weighted by Gasteiger charge is -2.01. The molecule has 0 aliphatic heterocycles. The Morgan fingerprint density at radius 2 is 2.31 bits per heavy atom. The highest BCUT2D eigenvalue weighted by Gasteiger charge is 2.44. The van der Waals surface area contributed by atoms with Crippen LogP contribution in [-0.4, -0.2) is 10.1 Å². The van der Waals surface area contributed by atoms with Crippen LogP contribution < -0.4 is 5.73 Å². The molecule has 2 N–H and O–H groups in total. The first-order valence-corrected chi connectivity index (χ1v) is 4.28. The standard InChI is InChI=1S/C9H9N3O/c10-9(2-3-9)8-6-5-11-4-1-7(6)13-12-8/h1,4-5H,2-3,10H2. The lowest BCUT2D eigenvalue weighted by molar-refractivity contribution is 0.435. The second-order valence-electron chi connectivity index (χ2n) is 3.56. The molecule has 66 valence electrons. The lowest BCUT2D eigenvalue weighted by Crippen LogP contribution is -2.19. The summed E-state index contributed by atoms with van der Waals surface area (Å²) in [5.41, 5.74) is 7.41. The molecule has 2 aromatic heterocycles. The minimum atomic E-state index is -0.242. The lowest BCUT2D eigenvalue weighted by atomic mass is 10.1. The monoisotopic (exact) mass is 175 g/mol. The molecule has 0 saturated heterocycles. The minimum Gasteiger partial charge on any atom is -0.356 e. The number of rotatable bonds is 1. The fraction of sp³-hybridized carbons (Fsp3) is 0.333. The van der Waals surface area contributed by atoms with Gasteiger partial charge < -0.3 is 10.3 Å². The van der Waals surface area contributed by atoms with Gasteiger partial charge in [0.05, 0.1) is 10.9 Å². The van der Waals surface area contributed by atoms with Crippen LogP contribution in [0.4, 0.5) is 0 Å². The molecule has 4 heteroatoms. The molecule has 0 spiro atoms. The van der Waals surface area contributed by atoms with Crippen molar-refractivity contribution in [1.82, 2.24) is 10.1 Å². The Morgan fingerprint density at radius 1 is 1.46 bits per heavy atom. The van der Waals surface area contributed by atoms with Crippen molar-refractivity contribution in [2.24, 2.45) is 5.73 Å². The van der Waals surface area contributed by atoms with E-state index in [-0.39, 0.29) is 5.54 Å². The zero-order chi connectivity index (χ0) is 8.89. The Hall–Kier alpha value is -1.42. The Kier molecular flexibility index (Phi) is 1.13. The van der Waals surface area contributed by atoms with Gasteiger partial charge in [-0.25, -0.2) is 0 Å². The molecule has 0 radical (unpaired) electrons. The summed E-state index contributed by atoms with van der Waals surface area (Å²) in [5.74, 6) is 0. The van der Waals surface area contributed by atoms with Gasteiger partial charge in [-0.3, -0.25) is 4.98 Å². The fourth-order valence-corrected chi connectivity index (χ4v) is 1.51. The third kappa shape index (κ3) is 0.890. The molecule has 0 unspecified atom stereocenters. The smallest absolute Gasteiger partial charge is 0.170 e. The zero-order valence-electron chi connectivity index (χ0n) is 7.03. The second kappa shape index (κ2) is 2.09. The summed E-state index contributed by atoms with van der Waals surface area (Å²) in [6.07, 6.45) is 5.43. The van der Waals surface area contributed by atoms with E-state index in [0.717, 1.165) is 29.5 Å². The van der Waals surface area contributed by atoms with Crippen LogP contribution in [0.3, 0.4) is 0 Å². The van der Waals surface area contributed by atoms with Crippen LogP contribution in [0.5, 0.6) is 0 Å². The summed E-state index contributed by atoms with van der Waals surface area (Å²) < 4.78 is 5.15. The molecule has 4 nitrogen and oxygen atoms in total. The topological polar surface area (TPSA) is 64.9 Å². The van der Waals surface area contributed by atoms with Crippen molar-refractivity contribution in [3.8, 4) is 0 Å². The van der Waals surface area contributed by atoms with Crippen LogP contribution in [0.2, 0.25) is 0 Å². The number of nitrogens with zero attached hydrogens (tertiary/aromatic N) is 2. The molecule has 3 rings (SSSR count). The van der Waals surface area contributed by atoms with Crippen molar-refractivity contribution in [2.45, 2.75) is 18.4 Å². The van der Waals surface area contributed by atoms with Gasteiger partial charge in [-0.15, -0.1) is 0 Å². The number of pyridine rings is 1. The molecule has 1 saturated carbocycles. The predicted octanol–water partition coefficient (Wildman–Crippen LogP) is 1.17. The molecule has 1 aliphatic rings. The average Bonchev–Trinajstić information content (AvgIpc) is 2.76. The number of hydrogen-bond acceptors (Lipinski definition) is 4.